The van der Waals surface area contributed by atoms with Gasteiger partial charge in [-0.15, -0.1) is 0 Å². The third-order valence-corrected chi connectivity index (χ3v) is 5.43. The first kappa shape index (κ1) is 23.0. The first-order chi connectivity index (χ1) is 14.5. The number of carbonyl (C=O) groups excluding carboxylic acids is 1. The largest absolute Gasteiger partial charge is 0.416 e. The lowest BCUT2D eigenvalue weighted by atomic mass is 10.2. The number of benzene rings is 2. The van der Waals surface area contributed by atoms with Crippen molar-refractivity contribution in [2.45, 2.75) is 11.3 Å². The number of nitrogens with two attached hydrogens (primary N) is 1. The van der Waals surface area contributed by atoms with Crippen LogP contribution in [0, 0.1) is 0 Å². The summed E-state index contributed by atoms with van der Waals surface area (Å²) in [6.45, 7) is 0. The maximum atomic E-state index is 12.9. The van der Waals surface area contributed by atoms with E-state index in [1.54, 1.807) is 24.3 Å². The SMILES string of the molecule is Nc1cc(=O)nc(SCC(=O)Nc2cc(C(F)(F)F)ccc2Cl)n1-c1ccc(Cl)cc1. The van der Waals surface area contributed by atoms with Gasteiger partial charge in [-0.1, -0.05) is 35.0 Å². The molecule has 0 radical (unpaired) electrons. The van der Waals surface area contributed by atoms with Gasteiger partial charge >= 0.3 is 6.18 Å². The Morgan fingerprint density at radius 2 is 1.81 bits per heavy atom. The molecule has 0 aliphatic carbocycles. The fourth-order valence-corrected chi connectivity index (χ4v) is 3.66. The molecule has 0 saturated heterocycles. The van der Waals surface area contributed by atoms with E-state index in [1.165, 1.54) is 4.57 Å². The second-order valence-electron chi connectivity index (χ2n) is 6.14. The summed E-state index contributed by atoms with van der Waals surface area (Å²) >= 11 is 12.7. The number of halogens is 5. The average Bonchev–Trinajstić information content (AvgIpc) is 2.68. The highest BCUT2D eigenvalue weighted by Gasteiger charge is 2.31. The first-order valence-electron chi connectivity index (χ1n) is 8.49. The molecule has 1 amide bonds. The zero-order valence-corrected chi connectivity index (χ0v) is 17.7. The molecule has 0 bridgehead atoms. The van der Waals surface area contributed by atoms with Crippen molar-refractivity contribution in [2.24, 2.45) is 0 Å². The summed E-state index contributed by atoms with van der Waals surface area (Å²) in [6, 6.07) is 10.3. The molecule has 31 heavy (non-hydrogen) atoms. The normalized spacial score (nSPS) is 11.4. The molecule has 0 spiro atoms. The number of nitrogens with zero attached hydrogens (tertiary/aromatic N) is 2. The Bertz CT molecular complexity index is 1180. The van der Waals surface area contributed by atoms with Crippen LogP contribution in [0.1, 0.15) is 5.56 Å². The zero-order chi connectivity index (χ0) is 22.8. The van der Waals surface area contributed by atoms with Crippen molar-refractivity contribution in [3.05, 3.63) is 74.5 Å². The van der Waals surface area contributed by atoms with Gasteiger partial charge in [0, 0.05) is 16.8 Å². The van der Waals surface area contributed by atoms with E-state index in [9.17, 15) is 22.8 Å². The Morgan fingerprint density at radius 1 is 1.13 bits per heavy atom. The summed E-state index contributed by atoms with van der Waals surface area (Å²) in [5.74, 6) is -0.826. The third kappa shape index (κ3) is 5.72. The van der Waals surface area contributed by atoms with E-state index in [4.69, 9.17) is 28.9 Å². The number of aromatic nitrogens is 2. The van der Waals surface area contributed by atoms with E-state index < -0.39 is 23.2 Å². The summed E-state index contributed by atoms with van der Waals surface area (Å²) in [4.78, 5) is 28.0. The Labute approximate surface area is 188 Å². The molecule has 3 rings (SSSR count). The van der Waals surface area contributed by atoms with Crippen LogP contribution in [0.2, 0.25) is 10.0 Å². The van der Waals surface area contributed by atoms with Gasteiger partial charge in [-0.05, 0) is 42.5 Å². The lowest BCUT2D eigenvalue weighted by Gasteiger charge is -2.15. The van der Waals surface area contributed by atoms with Crippen LogP contribution in [0.5, 0.6) is 0 Å². The van der Waals surface area contributed by atoms with Crippen molar-refractivity contribution in [3.63, 3.8) is 0 Å². The first-order valence-corrected chi connectivity index (χ1v) is 10.2. The maximum Gasteiger partial charge on any atom is 0.416 e. The molecule has 0 atom stereocenters. The minimum Gasteiger partial charge on any atom is -0.385 e. The molecule has 1 aromatic heterocycles. The van der Waals surface area contributed by atoms with E-state index in [1.807, 2.05) is 0 Å². The highest BCUT2D eigenvalue weighted by molar-refractivity contribution is 7.99. The van der Waals surface area contributed by atoms with Crippen molar-refractivity contribution in [2.75, 3.05) is 16.8 Å². The fraction of sp³-hybridized carbons (Fsp3) is 0.105. The molecule has 0 unspecified atom stereocenters. The molecule has 0 aliphatic heterocycles. The van der Waals surface area contributed by atoms with Crippen LogP contribution in [0.3, 0.4) is 0 Å². The Hall–Kier alpha value is -2.69. The zero-order valence-electron chi connectivity index (χ0n) is 15.4. The molecule has 1 heterocycles. The van der Waals surface area contributed by atoms with E-state index in [-0.39, 0.29) is 27.4 Å². The number of anilines is 2. The smallest absolute Gasteiger partial charge is 0.385 e. The number of alkyl halides is 3. The van der Waals surface area contributed by atoms with Crippen LogP contribution in [0.4, 0.5) is 24.7 Å². The summed E-state index contributed by atoms with van der Waals surface area (Å²) in [6.07, 6.45) is -4.58. The predicted octanol–water partition coefficient (Wildman–Crippen LogP) is 4.87. The van der Waals surface area contributed by atoms with Gasteiger partial charge in [-0.25, -0.2) is 0 Å². The average molecular weight is 489 g/mol. The number of carbonyl (C=O) groups is 1. The number of hydrogen-bond donors (Lipinski definition) is 2. The molecule has 0 saturated carbocycles. The number of amides is 1. The van der Waals surface area contributed by atoms with Gasteiger partial charge in [0.05, 0.1) is 22.0 Å². The topological polar surface area (TPSA) is 90.0 Å². The van der Waals surface area contributed by atoms with Crippen molar-refractivity contribution in [1.82, 2.24) is 9.55 Å². The molecule has 0 aliphatic rings. The van der Waals surface area contributed by atoms with Crippen LogP contribution in [0.25, 0.3) is 5.69 Å². The number of nitrogen functional groups attached to an aromatic ring is 1. The number of hydrogen-bond acceptors (Lipinski definition) is 5. The number of rotatable bonds is 5. The molecule has 3 aromatic rings. The molecule has 0 fully saturated rings. The van der Waals surface area contributed by atoms with Crippen LogP contribution < -0.4 is 16.6 Å². The molecule has 12 heteroatoms. The summed E-state index contributed by atoms with van der Waals surface area (Å²) in [7, 11) is 0. The van der Waals surface area contributed by atoms with Crippen LogP contribution >= 0.6 is 35.0 Å². The van der Waals surface area contributed by atoms with E-state index in [0.717, 1.165) is 36.0 Å². The highest BCUT2D eigenvalue weighted by Crippen LogP contribution is 2.34. The third-order valence-electron chi connectivity index (χ3n) is 3.91. The second-order valence-corrected chi connectivity index (χ2v) is 7.93. The summed E-state index contributed by atoms with van der Waals surface area (Å²) in [5, 5.41) is 2.90. The standard InChI is InChI=1S/C19H13Cl2F3N4O2S/c20-11-2-4-12(5-3-11)28-15(25)8-16(29)27-18(28)31-9-17(30)26-14-7-10(19(22,23)24)1-6-13(14)21/h1-8H,9,25H2,(H,26,30). The van der Waals surface area contributed by atoms with Gasteiger partial charge in [0.15, 0.2) is 5.16 Å². The quantitative estimate of drug-likeness (QED) is 0.394. The van der Waals surface area contributed by atoms with E-state index >= 15 is 0 Å². The molecule has 162 valence electrons. The molecule has 6 nitrogen and oxygen atoms in total. The fourth-order valence-electron chi connectivity index (χ4n) is 2.54. The molecule has 3 N–H and O–H groups in total. The summed E-state index contributed by atoms with van der Waals surface area (Å²) in [5.41, 5.74) is 4.77. The van der Waals surface area contributed by atoms with E-state index in [0.29, 0.717) is 10.7 Å². The Kier molecular flexibility index (Phi) is 6.83. The number of nitrogens with one attached hydrogen (secondary N) is 1. The molecular formula is C19H13Cl2F3N4O2S. The summed E-state index contributed by atoms with van der Waals surface area (Å²) < 4.78 is 40.1. The highest BCUT2D eigenvalue weighted by atomic mass is 35.5. The van der Waals surface area contributed by atoms with Crippen molar-refractivity contribution >= 4 is 52.4 Å². The Morgan fingerprint density at radius 3 is 2.45 bits per heavy atom. The minimum absolute atomic E-state index is 0.0495. The van der Waals surface area contributed by atoms with Gasteiger partial charge in [-0.3, -0.25) is 14.2 Å². The van der Waals surface area contributed by atoms with Crippen LogP contribution in [-0.2, 0) is 11.0 Å². The van der Waals surface area contributed by atoms with Crippen molar-refractivity contribution in [1.29, 1.82) is 0 Å². The number of thioether (sulfide) groups is 1. The lowest BCUT2D eigenvalue weighted by Crippen LogP contribution is -2.19. The second kappa shape index (κ2) is 9.21. The molecule has 2 aromatic carbocycles. The monoisotopic (exact) mass is 488 g/mol. The van der Waals surface area contributed by atoms with Gasteiger partial charge in [0.2, 0.25) is 5.91 Å². The maximum absolute atomic E-state index is 12.9. The predicted molar refractivity (Wildman–Crippen MR) is 115 cm³/mol. The van der Waals surface area contributed by atoms with Crippen molar-refractivity contribution < 1.29 is 18.0 Å². The lowest BCUT2D eigenvalue weighted by molar-refractivity contribution is -0.137. The van der Waals surface area contributed by atoms with Gasteiger partial charge in [0.25, 0.3) is 5.56 Å². The molecular weight excluding hydrogens is 476 g/mol. The van der Waals surface area contributed by atoms with E-state index in [2.05, 4.69) is 10.3 Å². The van der Waals surface area contributed by atoms with Gasteiger partial charge in [0.1, 0.15) is 5.82 Å². The minimum atomic E-state index is -4.58. The van der Waals surface area contributed by atoms with Gasteiger partial charge < -0.3 is 11.1 Å². The van der Waals surface area contributed by atoms with Crippen LogP contribution in [-0.4, -0.2) is 21.2 Å². The van der Waals surface area contributed by atoms with Crippen molar-refractivity contribution in [3.8, 4) is 5.69 Å². The Balaban J connectivity index is 1.81. The van der Waals surface area contributed by atoms with Gasteiger partial charge in [-0.2, -0.15) is 18.2 Å². The van der Waals surface area contributed by atoms with Crippen LogP contribution in [0.15, 0.2) is 58.5 Å².